The molecule has 1 aromatic heterocycles. The van der Waals surface area contributed by atoms with Crippen LogP contribution in [0.2, 0.25) is 0 Å². The fourth-order valence-corrected chi connectivity index (χ4v) is 8.89. The van der Waals surface area contributed by atoms with Crippen molar-refractivity contribution < 1.29 is 16.8 Å². The number of hydrogen-bond acceptors (Lipinski definition) is 6. The predicted molar refractivity (Wildman–Crippen MR) is 114 cm³/mol. The lowest BCUT2D eigenvalue weighted by molar-refractivity contribution is 0.367. The van der Waals surface area contributed by atoms with Crippen LogP contribution in [-0.4, -0.2) is 73.9 Å². The van der Waals surface area contributed by atoms with Crippen molar-refractivity contribution >= 4 is 25.5 Å². The highest BCUT2D eigenvalue weighted by Crippen LogP contribution is 2.33. The molecule has 1 saturated carbocycles. The summed E-state index contributed by atoms with van der Waals surface area (Å²) in [7, 11) is -6.18. The first-order chi connectivity index (χ1) is 13.7. The Balaban J connectivity index is 1.46. The second-order valence-electron chi connectivity index (χ2n) is 8.71. The largest absolute Gasteiger partial charge is 0.366 e. The van der Waals surface area contributed by atoms with Crippen LogP contribution in [0.5, 0.6) is 0 Å². The molecule has 0 aromatic carbocycles. The van der Waals surface area contributed by atoms with Crippen LogP contribution in [0.3, 0.4) is 0 Å². The molecule has 2 saturated heterocycles. The lowest BCUT2D eigenvalue weighted by Crippen LogP contribution is -2.51. The maximum Gasteiger partial charge on any atom is 0.217 e. The molecular weight excluding hydrogens is 412 g/mol. The van der Waals surface area contributed by atoms with Crippen molar-refractivity contribution in [1.29, 1.82) is 0 Å². The van der Waals surface area contributed by atoms with Crippen LogP contribution in [0.1, 0.15) is 56.0 Å². The van der Waals surface area contributed by atoms with Crippen LogP contribution >= 0.6 is 0 Å². The van der Waals surface area contributed by atoms with Gasteiger partial charge in [0, 0.05) is 26.2 Å². The van der Waals surface area contributed by atoms with E-state index in [2.05, 4.69) is 10.00 Å². The lowest BCUT2D eigenvalue weighted by atomic mass is 10.0. The third-order valence-electron chi connectivity index (χ3n) is 6.73. The molecule has 29 heavy (non-hydrogen) atoms. The summed E-state index contributed by atoms with van der Waals surface area (Å²) >= 11 is 0. The van der Waals surface area contributed by atoms with Crippen LogP contribution in [0.4, 0.5) is 5.69 Å². The van der Waals surface area contributed by atoms with Gasteiger partial charge in [0.2, 0.25) is 10.0 Å². The molecule has 0 amide bonds. The van der Waals surface area contributed by atoms with Gasteiger partial charge in [-0.2, -0.15) is 9.40 Å². The minimum Gasteiger partial charge on any atom is -0.366 e. The third kappa shape index (κ3) is 4.07. The van der Waals surface area contributed by atoms with Crippen LogP contribution in [-0.2, 0) is 19.9 Å². The zero-order valence-corrected chi connectivity index (χ0v) is 19.0. The van der Waals surface area contributed by atoms with Crippen molar-refractivity contribution in [2.75, 3.05) is 42.6 Å². The number of aromatic nitrogens is 2. The molecule has 4 rings (SSSR count). The van der Waals surface area contributed by atoms with Crippen molar-refractivity contribution in [3.63, 3.8) is 0 Å². The zero-order chi connectivity index (χ0) is 20.8. The Morgan fingerprint density at radius 3 is 2.21 bits per heavy atom. The standard InChI is InChI=1S/C19H32N4O4S2/c1-15-19(16(2)23(20-15)17-8-13-28(24,25)14-17)21-9-11-22(12-10-21)29(26,27)18-6-4-3-5-7-18/h17-18H,3-14H2,1-2H3/t17-/m0/s1. The molecule has 3 heterocycles. The molecule has 0 radical (unpaired) electrons. The third-order valence-corrected chi connectivity index (χ3v) is 10.9. The highest BCUT2D eigenvalue weighted by molar-refractivity contribution is 7.91. The van der Waals surface area contributed by atoms with E-state index in [1.165, 1.54) is 0 Å². The fraction of sp³-hybridized carbons (Fsp3) is 0.842. The number of rotatable bonds is 4. The van der Waals surface area contributed by atoms with Crippen molar-refractivity contribution in [2.45, 2.75) is 63.7 Å². The average Bonchev–Trinajstić information content (AvgIpc) is 3.20. The number of sulfonamides is 1. The first-order valence-electron chi connectivity index (χ1n) is 10.7. The predicted octanol–water partition coefficient (Wildman–Crippen LogP) is 1.64. The number of piperazine rings is 1. The Morgan fingerprint density at radius 1 is 0.966 bits per heavy atom. The average molecular weight is 445 g/mol. The van der Waals surface area contributed by atoms with Crippen LogP contribution < -0.4 is 4.90 Å². The summed E-state index contributed by atoms with van der Waals surface area (Å²) in [5.74, 6) is 0.380. The van der Waals surface area contributed by atoms with E-state index in [0.29, 0.717) is 32.6 Å². The number of nitrogens with zero attached hydrogens (tertiary/aromatic N) is 4. The molecule has 1 aromatic rings. The van der Waals surface area contributed by atoms with Gasteiger partial charge in [-0.15, -0.1) is 0 Å². The molecule has 3 aliphatic rings. The zero-order valence-electron chi connectivity index (χ0n) is 17.4. The molecule has 2 aliphatic heterocycles. The Bertz CT molecular complexity index is 957. The Morgan fingerprint density at radius 2 is 1.62 bits per heavy atom. The Kier molecular flexibility index (Phi) is 5.71. The number of sulfone groups is 1. The summed E-state index contributed by atoms with van der Waals surface area (Å²) in [4.78, 5) is 2.21. The second kappa shape index (κ2) is 7.85. The number of hydrogen-bond donors (Lipinski definition) is 0. The smallest absolute Gasteiger partial charge is 0.217 e. The van der Waals surface area contributed by atoms with Crippen molar-refractivity contribution in [1.82, 2.24) is 14.1 Å². The molecule has 0 spiro atoms. The van der Waals surface area contributed by atoms with E-state index in [1.54, 1.807) is 4.31 Å². The summed E-state index contributed by atoms with van der Waals surface area (Å²) in [6.45, 7) is 6.23. The maximum atomic E-state index is 13.0. The Labute approximate surface area is 174 Å². The van der Waals surface area contributed by atoms with E-state index >= 15 is 0 Å². The van der Waals surface area contributed by atoms with Gasteiger partial charge in [-0.3, -0.25) is 4.68 Å². The van der Waals surface area contributed by atoms with Crippen LogP contribution in [0.15, 0.2) is 0 Å². The van der Waals surface area contributed by atoms with Gasteiger partial charge in [0.25, 0.3) is 0 Å². The highest BCUT2D eigenvalue weighted by Gasteiger charge is 2.36. The topological polar surface area (TPSA) is 92.6 Å². The van der Waals surface area contributed by atoms with Gasteiger partial charge in [-0.1, -0.05) is 19.3 Å². The molecule has 8 nitrogen and oxygen atoms in total. The molecule has 0 bridgehead atoms. The summed E-state index contributed by atoms with van der Waals surface area (Å²) in [5, 5.41) is 4.44. The van der Waals surface area contributed by atoms with E-state index in [0.717, 1.165) is 49.2 Å². The first-order valence-corrected chi connectivity index (χ1v) is 14.0. The molecule has 10 heteroatoms. The lowest BCUT2D eigenvalue weighted by Gasteiger charge is -2.37. The van der Waals surface area contributed by atoms with Crippen molar-refractivity contribution in [2.24, 2.45) is 0 Å². The summed E-state index contributed by atoms with van der Waals surface area (Å²) < 4.78 is 53.3. The van der Waals surface area contributed by atoms with Crippen LogP contribution in [0.25, 0.3) is 0 Å². The highest BCUT2D eigenvalue weighted by atomic mass is 32.2. The van der Waals surface area contributed by atoms with E-state index < -0.39 is 19.9 Å². The summed E-state index contributed by atoms with van der Waals surface area (Å²) in [6.07, 6.45) is 5.36. The SMILES string of the molecule is Cc1nn([C@H]2CCS(=O)(=O)C2)c(C)c1N1CCN(S(=O)(=O)C2CCCCC2)CC1. The number of aryl methyl sites for hydroxylation is 1. The fourth-order valence-electron chi connectivity index (χ4n) is 5.18. The van der Waals surface area contributed by atoms with Crippen LogP contribution in [0, 0.1) is 13.8 Å². The van der Waals surface area contributed by atoms with Crippen molar-refractivity contribution in [3.8, 4) is 0 Å². The second-order valence-corrected chi connectivity index (χ2v) is 13.2. The molecule has 164 valence electrons. The van der Waals surface area contributed by atoms with Gasteiger partial charge in [-0.25, -0.2) is 16.8 Å². The van der Waals surface area contributed by atoms with E-state index in [1.807, 2.05) is 18.5 Å². The minimum atomic E-state index is -3.21. The van der Waals surface area contributed by atoms with Crippen molar-refractivity contribution in [3.05, 3.63) is 11.4 Å². The quantitative estimate of drug-likeness (QED) is 0.701. The molecule has 3 fully saturated rings. The molecule has 0 unspecified atom stereocenters. The van der Waals surface area contributed by atoms with E-state index in [4.69, 9.17) is 0 Å². The minimum absolute atomic E-state index is 0.0968. The first kappa shape index (κ1) is 21.1. The van der Waals surface area contributed by atoms with E-state index in [-0.39, 0.29) is 22.8 Å². The van der Waals surface area contributed by atoms with Gasteiger partial charge in [0.15, 0.2) is 9.84 Å². The number of anilines is 1. The van der Waals surface area contributed by atoms with Gasteiger partial charge >= 0.3 is 0 Å². The van der Waals surface area contributed by atoms with Gasteiger partial charge in [0.1, 0.15) is 0 Å². The molecule has 0 N–H and O–H groups in total. The Hall–Kier alpha value is -1.13. The van der Waals surface area contributed by atoms with E-state index in [9.17, 15) is 16.8 Å². The molecule has 1 aliphatic carbocycles. The molecule has 1 atom stereocenters. The normalized spacial score (nSPS) is 26.8. The maximum absolute atomic E-state index is 13.0. The van der Waals surface area contributed by atoms with Gasteiger partial charge in [-0.05, 0) is 33.1 Å². The summed E-state index contributed by atoms with van der Waals surface area (Å²) in [5.41, 5.74) is 2.90. The van der Waals surface area contributed by atoms with Gasteiger partial charge < -0.3 is 4.90 Å². The van der Waals surface area contributed by atoms with Gasteiger partial charge in [0.05, 0.1) is 39.9 Å². The summed E-state index contributed by atoms with van der Waals surface area (Å²) in [6, 6.07) is -0.0968. The molecular formula is C19H32N4O4S2. The monoisotopic (exact) mass is 444 g/mol.